The van der Waals surface area contributed by atoms with Crippen molar-refractivity contribution in [1.29, 1.82) is 0 Å². The van der Waals surface area contributed by atoms with Gasteiger partial charge in [0.15, 0.2) is 0 Å². The lowest BCUT2D eigenvalue weighted by Crippen LogP contribution is -2.28. The molecule has 2 rings (SSSR count). The molecule has 0 heterocycles. The topological polar surface area (TPSA) is 9.23 Å². The average Bonchev–Trinajstić information content (AvgIpc) is 2.61. The lowest BCUT2D eigenvalue weighted by molar-refractivity contribution is -0.190. The third-order valence-corrected chi connectivity index (χ3v) is 6.50. The molecule has 0 amide bonds. The summed E-state index contributed by atoms with van der Waals surface area (Å²) in [5.41, 5.74) is 0. The van der Waals surface area contributed by atoms with Crippen LogP contribution in [0.15, 0.2) is 0 Å². The van der Waals surface area contributed by atoms with E-state index in [9.17, 15) is 13.2 Å². The Kier molecular flexibility index (Phi) is 9.09. The molecule has 2 aliphatic carbocycles. The van der Waals surface area contributed by atoms with E-state index in [-0.39, 0.29) is 13.0 Å². The molecular formula is C21H37F3O. The summed E-state index contributed by atoms with van der Waals surface area (Å²) in [6.45, 7) is 2.19. The minimum atomic E-state index is -4.12. The molecule has 1 unspecified atom stereocenters. The Balaban J connectivity index is 1.63. The standard InChI is InChI=1S/C21H37F3O/c1-2-15-25-16-20(21(22,23)24)10-6-7-17-11-13-19(14-12-17)18-8-4-3-5-9-18/h17-20H,2-16H2,1H3. The fourth-order valence-corrected chi connectivity index (χ4v) is 4.92. The smallest absolute Gasteiger partial charge is 0.381 e. The predicted molar refractivity (Wildman–Crippen MR) is 96.5 cm³/mol. The van der Waals surface area contributed by atoms with Crippen LogP contribution in [0.4, 0.5) is 13.2 Å². The summed E-state index contributed by atoms with van der Waals surface area (Å²) in [4.78, 5) is 0. The number of ether oxygens (including phenoxy) is 1. The van der Waals surface area contributed by atoms with Crippen LogP contribution in [0.2, 0.25) is 0 Å². The Morgan fingerprint density at radius 2 is 1.56 bits per heavy atom. The minimum absolute atomic E-state index is 0.161. The molecule has 0 saturated heterocycles. The summed E-state index contributed by atoms with van der Waals surface area (Å²) in [5.74, 6) is 1.23. The van der Waals surface area contributed by atoms with Crippen molar-refractivity contribution in [2.45, 2.75) is 96.6 Å². The quantitative estimate of drug-likeness (QED) is 0.396. The van der Waals surface area contributed by atoms with Crippen LogP contribution in [0, 0.1) is 23.7 Å². The molecule has 1 nitrogen and oxygen atoms in total. The van der Waals surface area contributed by atoms with Gasteiger partial charge in [0, 0.05) is 6.61 Å². The average molecular weight is 363 g/mol. The first-order valence-corrected chi connectivity index (χ1v) is 10.6. The second-order valence-electron chi connectivity index (χ2n) is 8.42. The SMILES string of the molecule is CCCOCC(CCCC1CCC(C2CCCCC2)CC1)C(F)(F)F. The normalized spacial score (nSPS) is 27.4. The molecule has 148 valence electrons. The van der Waals surface area contributed by atoms with Gasteiger partial charge in [0.1, 0.15) is 0 Å². The van der Waals surface area contributed by atoms with Gasteiger partial charge in [-0.25, -0.2) is 0 Å². The highest BCUT2D eigenvalue weighted by Crippen LogP contribution is 2.41. The van der Waals surface area contributed by atoms with Gasteiger partial charge in [-0.2, -0.15) is 13.2 Å². The van der Waals surface area contributed by atoms with E-state index in [1.54, 1.807) is 0 Å². The van der Waals surface area contributed by atoms with Crippen molar-refractivity contribution in [1.82, 2.24) is 0 Å². The molecule has 0 aromatic carbocycles. The Bertz CT molecular complexity index is 342. The van der Waals surface area contributed by atoms with Crippen LogP contribution in [-0.4, -0.2) is 19.4 Å². The molecule has 2 aliphatic rings. The highest BCUT2D eigenvalue weighted by atomic mass is 19.4. The van der Waals surface area contributed by atoms with E-state index in [0.717, 1.165) is 24.7 Å². The van der Waals surface area contributed by atoms with Crippen LogP contribution < -0.4 is 0 Å². The summed E-state index contributed by atoms with van der Waals surface area (Å²) in [5, 5.41) is 0. The van der Waals surface area contributed by atoms with Gasteiger partial charge in [0.2, 0.25) is 0 Å². The Morgan fingerprint density at radius 1 is 0.920 bits per heavy atom. The highest BCUT2D eigenvalue weighted by Gasteiger charge is 2.39. The van der Waals surface area contributed by atoms with Crippen molar-refractivity contribution in [3.05, 3.63) is 0 Å². The van der Waals surface area contributed by atoms with Crippen LogP contribution in [0.1, 0.15) is 90.4 Å². The van der Waals surface area contributed by atoms with Gasteiger partial charge in [0.25, 0.3) is 0 Å². The molecule has 25 heavy (non-hydrogen) atoms. The number of hydrogen-bond donors (Lipinski definition) is 0. The molecule has 2 fully saturated rings. The largest absolute Gasteiger partial charge is 0.394 e. The zero-order valence-electron chi connectivity index (χ0n) is 16.0. The first-order chi connectivity index (χ1) is 12.0. The molecule has 0 aromatic heterocycles. The number of rotatable bonds is 9. The Morgan fingerprint density at radius 3 is 2.16 bits per heavy atom. The minimum Gasteiger partial charge on any atom is -0.381 e. The number of alkyl halides is 3. The maximum absolute atomic E-state index is 13.1. The zero-order chi connectivity index (χ0) is 18.1. The molecule has 0 aliphatic heterocycles. The Labute approximate surface area is 152 Å². The number of halogens is 3. The molecule has 0 aromatic rings. The summed E-state index contributed by atoms with van der Waals surface area (Å²) >= 11 is 0. The zero-order valence-corrected chi connectivity index (χ0v) is 16.0. The van der Waals surface area contributed by atoms with Crippen LogP contribution >= 0.6 is 0 Å². The van der Waals surface area contributed by atoms with E-state index in [4.69, 9.17) is 4.74 Å². The van der Waals surface area contributed by atoms with Crippen LogP contribution in [-0.2, 0) is 4.74 Å². The second-order valence-corrected chi connectivity index (χ2v) is 8.42. The molecule has 2 saturated carbocycles. The molecule has 4 heteroatoms. The molecule has 1 atom stereocenters. The van der Waals surface area contributed by atoms with Crippen molar-refractivity contribution in [3.8, 4) is 0 Å². The van der Waals surface area contributed by atoms with Gasteiger partial charge < -0.3 is 4.74 Å². The maximum atomic E-state index is 13.1. The van der Waals surface area contributed by atoms with Crippen molar-refractivity contribution in [2.24, 2.45) is 23.7 Å². The molecular weight excluding hydrogens is 325 g/mol. The van der Waals surface area contributed by atoms with Crippen LogP contribution in [0.3, 0.4) is 0 Å². The van der Waals surface area contributed by atoms with Crippen molar-refractivity contribution < 1.29 is 17.9 Å². The summed E-state index contributed by atoms with van der Waals surface area (Å²) in [6, 6.07) is 0. The third-order valence-electron chi connectivity index (χ3n) is 6.50. The lowest BCUT2D eigenvalue weighted by Gasteiger charge is -2.36. The molecule has 0 bridgehead atoms. The van der Waals surface area contributed by atoms with E-state index in [1.807, 2.05) is 6.92 Å². The number of hydrogen-bond acceptors (Lipinski definition) is 1. The van der Waals surface area contributed by atoms with E-state index in [0.29, 0.717) is 18.9 Å². The first-order valence-electron chi connectivity index (χ1n) is 10.6. The molecule has 0 radical (unpaired) electrons. The van der Waals surface area contributed by atoms with E-state index in [2.05, 4.69) is 0 Å². The monoisotopic (exact) mass is 362 g/mol. The van der Waals surface area contributed by atoms with Gasteiger partial charge >= 0.3 is 6.18 Å². The van der Waals surface area contributed by atoms with Crippen molar-refractivity contribution >= 4 is 0 Å². The lowest BCUT2D eigenvalue weighted by atomic mass is 9.70. The van der Waals surface area contributed by atoms with Crippen molar-refractivity contribution in [3.63, 3.8) is 0 Å². The van der Waals surface area contributed by atoms with E-state index < -0.39 is 12.1 Å². The van der Waals surface area contributed by atoms with Gasteiger partial charge in [-0.1, -0.05) is 64.7 Å². The van der Waals surface area contributed by atoms with E-state index >= 15 is 0 Å². The summed E-state index contributed by atoms with van der Waals surface area (Å²) < 4.78 is 44.4. The summed E-state index contributed by atoms with van der Waals surface area (Å²) in [7, 11) is 0. The van der Waals surface area contributed by atoms with Gasteiger partial charge in [-0.05, 0) is 43.4 Å². The van der Waals surface area contributed by atoms with Crippen LogP contribution in [0.5, 0.6) is 0 Å². The van der Waals surface area contributed by atoms with Gasteiger partial charge in [0.05, 0.1) is 12.5 Å². The van der Waals surface area contributed by atoms with E-state index in [1.165, 1.54) is 57.8 Å². The van der Waals surface area contributed by atoms with Gasteiger partial charge in [-0.3, -0.25) is 0 Å². The fourth-order valence-electron chi connectivity index (χ4n) is 4.92. The Hall–Kier alpha value is -0.250. The second kappa shape index (κ2) is 10.8. The highest BCUT2D eigenvalue weighted by molar-refractivity contribution is 4.80. The third kappa shape index (κ3) is 7.48. The fraction of sp³-hybridized carbons (Fsp3) is 1.00. The van der Waals surface area contributed by atoms with Gasteiger partial charge in [-0.15, -0.1) is 0 Å². The summed E-state index contributed by atoms with van der Waals surface area (Å²) in [6.07, 6.45) is 10.7. The van der Waals surface area contributed by atoms with Crippen molar-refractivity contribution in [2.75, 3.05) is 13.2 Å². The predicted octanol–water partition coefficient (Wildman–Crippen LogP) is 7.15. The molecule has 0 spiro atoms. The molecule has 0 N–H and O–H groups in total. The maximum Gasteiger partial charge on any atom is 0.394 e. The van der Waals surface area contributed by atoms with Crippen LogP contribution in [0.25, 0.3) is 0 Å². The first kappa shape index (κ1) is 21.1.